The SMILES string of the molecule is COc1cc(N(CC(=O)NCC2(c3ccccc3)CCOCC2)S(C)(=O)=O)c(OC)cc1Cl. The summed E-state index contributed by atoms with van der Waals surface area (Å²) in [5.41, 5.74) is 1.02. The fraction of sp³-hybridized carbons (Fsp3) is 0.435. The summed E-state index contributed by atoms with van der Waals surface area (Å²) in [6.07, 6.45) is 2.55. The molecular formula is C23H29ClN2O6S. The number of nitrogens with one attached hydrogen (secondary N) is 1. The van der Waals surface area contributed by atoms with E-state index in [1.165, 1.54) is 26.4 Å². The minimum Gasteiger partial charge on any atom is -0.495 e. The summed E-state index contributed by atoms with van der Waals surface area (Å²) in [6, 6.07) is 12.9. The average Bonchev–Trinajstić information content (AvgIpc) is 2.81. The highest BCUT2D eigenvalue weighted by Gasteiger charge is 2.35. The van der Waals surface area contributed by atoms with Crippen LogP contribution in [0.3, 0.4) is 0 Å². The highest BCUT2D eigenvalue weighted by Crippen LogP contribution is 2.39. The molecule has 1 heterocycles. The minimum absolute atomic E-state index is 0.167. The Balaban J connectivity index is 1.83. The summed E-state index contributed by atoms with van der Waals surface area (Å²) in [5.74, 6) is 0.0502. The van der Waals surface area contributed by atoms with Gasteiger partial charge in [0.2, 0.25) is 15.9 Å². The van der Waals surface area contributed by atoms with Crippen LogP contribution in [0.15, 0.2) is 42.5 Å². The first-order valence-electron chi connectivity index (χ1n) is 10.5. The molecule has 1 saturated heterocycles. The largest absolute Gasteiger partial charge is 0.495 e. The van der Waals surface area contributed by atoms with Crippen molar-refractivity contribution in [3.63, 3.8) is 0 Å². The molecule has 0 aromatic heterocycles. The molecule has 1 N–H and O–H groups in total. The molecule has 0 saturated carbocycles. The Kier molecular flexibility index (Phi) is 8.10. The van der Waals surface area contributed by atoms with Crippen molar-refractivity contribution in [1.29, 1.82) is 0 Å². The maximum atomic E-state index is 13.0. The van der Waals surface area contributed by atoms with Crippen LogP contribution in [0.4, 0.5) is 5.69 Å². The van der Waals surface area contributed by atoms with E-state index < -0.39 is 22.5 Å². The van der Waals surface area contributed by atoms with Crippen LogP contribution < -0.4 is 19.1 Å². The predicted octanol–water partition coefficient (Wildman–Crippen LogP) is 2.99. The molecule has 33 heavy (non-hydrogen) atoms. The number of ether oxygens (including phenoxy) is 3. The third-order valence-corrected chi connectivity index (χ3v) is 7.29. The normalized spacial score (nSPS) is 15.5. The second-order valence-electron chi connectivity index (χ2n) is 7.96. The zero-order valence-electron chi connectivity index (χ0n) is 19.0. The van der Waals surface area contributed by atoms with Crippen molar-refractivity contribution in [2.24, 2.45) is 0 Å². The van der Waals surface area contributed by atoms with Crippen LogP contribution in [-0.4, -0.2) is 61.1 Å². The van der Waals surface area contributed by atoms with Gasteiger partial charge < -0.3 is 19.5 Å². The second kappa shape index (κ2) is 10.6. The van der Waals surface area contributed by atoms with E-state index in [1.807, 2.05) is 30.3 Å². The Morgan fingerprint density at radius 3 is 2.33 bits per heavy atom. The number of halogens is 1. The van der Waals surface area contributed by atoms with Crippen molar-refractivity contribution in [2.45, 2.75) is 18.3 Å². The lowest BCUT2D eigenvalue weighted by Gasteiger charge is -2.38. The van der Waals surface area contributed by atoms with Crippen LogP contribution in [0.5, 0.6) is 11.5 Å². The maximum Gasteiger partial charge on any atom is 0.240 e. The Morgan fingerprint density at radius 1 is 1.12 bits per heavy atom. The molecule has 0 atom stereocenters. The number of carbonyl (C=O) groups excluding carboxylic acids is 1. The molecular weight excluding hydrogens is 468 g/mol. The number of hydrogen-bond donors (Lipinski definition) is 1. The zero-order valence-corrected chi connectivity index (χ0v) is 20.5. The van der Waals surface area contributed by atoms with Crippen molar-refractivity contribution < 1.29 is 27.4 Å². The van der Waals surface area contributed by atoms with E-state index in [0.717, 1.165) is 29.0 Å². The molecule has 0 unspecified atom stereocenters. The van der Waals surface area contributed by atoms with Crippen LogP contribution in [0.25, 0.3) is 0 Å². The number of anilines is 1. The number of benzene rings is 2. The third kappa shape index (κ3) is 5.90. The zero-order chi connectivity index (χ0) is 24.1. The average molecular weight is 497 g/mol. The molecule has 0 bridgehead atoms. The first-order chi connectivity index (χ1) is 15.7. The molecule has 180 valence electrons. The molecule has 3 rings (SSSR count). The van der Waals surface area contributed by atoms with Crippen LogP contribution >= 0.6 is 11.6 Å². The van der Waals surface area contributed by atoms with E-state index in [4.69, 9.17) is 25.8 Å². The first kappa shape index (κ1) is 25.1. The summed E-state index contributed by atoms with van der Waals surface area (Å²) in [7, 11) is -0.998. The van der Waals surface area contributed by atoms with Gasteiger partial charge in [0.15, 0.2) is 0 Å². The van der Waals surface area contributed by atoms with Gasteiger partial charge in [-0.3, -0.25) is 9.10 Å². The smallest absolute Gasteiger partial charge is 0.240 e. The van der Waals surface area contributed by atoms with E-state index in [9.17, 15) is 13.2 Å². The van der Waals surface area contributed by atoms with E-state index in [1.54, 1.807) is 0 Å². The molecule has 1 aliphatic heterocycles. The third-order valence-electron chi connectivity index (χ3n) is 5.87. The van der Waals surface area contributed by atoms with Crippen molar-refractivity contribution in [3.05, 3.63) is 53.1 Å². The molecule has 1 fully saturated rings. The van der Waals surface area contributed by atoms with Crippen molar-refractivity contribution in [2.75, 3.05) is 51.1 Å². The molecule has 1 amide bonds. The van der Waals surface area contributed by atoms with Crippen molar-refractivity contribution in [1.82, 2.24) is 5.32 Å². The van der Waals surface area contributed by atoms with Gasteiger partial charge in [-0.2, -0.15) is 0 Å². The summed E-state index contributed by atoms with van der Waals surface area (Å²) >= 11 is 6.15. The summed E-state index contributed by atoms with van der Waals surface area (Å²) in [4.78, 5) is 13.0. The van der Waals surface area contributed by atoms with Gasteiger partial charge in [0.05, 0.1) is 31.2 Å². The first-order valence-corrected chi connectivity index (χ1v) is 12.7. The summed E-state index contributed by atoms with van der Waals surface area (Å²) < 4.78 is 42.3. The Morgan fingerprint density at radius 2 is 1.76 bits per heavy atom. The van der Waals surface area contributed by atoms with Gasteiger partial charge in [-0.05, 0) is 18.4 Å². The number of carbonyl (C=O) groups is 1. The molecule has 2 aromatic carbocycles. The topological polar surface area (TPSA) is 94.2 Å². The van der Waals surface area contributed by atoms with Gasteiger partial charge in [-0.15, -0.1) is 0 Å². The lowest BCUT2D eigenvalue weighted by molar-refractivity contribution is -0.120. The molecule has 2 aromatic rings. The van der Waals surface area contributed by atoms with Gasteiger partial charge in [0, 0.05) is 37.3 Å². The molecule has 8 nitrogen and oxygen atoms in total. The number of rotatable bonds is 9. The van der Waals surface area contributed by atoms with E-state index >= 15 is 0 Å². The van der Waals surface area contributed by atoms with Crippen LogP contribution in [0, 0.1) is 0 Å². The fourth-order valence-electron chi connectivity index (χ4n) is 4.00. The molecule has 0 radical (unpaired) electrons. The van der Waals surface area contributed by atoms with Gasteiger partial charge in [0.25, 0.3) is 0 Å². The standard InChI is InChI=1S/C23H29ClN2O6S/c1-30-20-14-19(21(31-2)13-18(20)24)26(33(3,28)29)15-22(27)25-16-23(9-11-32-12-10-23)17-7-5-4-6-8-17/h4-8,13-14H,9-12,15-16H2,1-3H3,(H,25,27). The Bertz CT molecular complexity index is 1070. The van der Waals surface area contributed by atoms with Gasteiger partial charge in [-0.1, -0.05) is 41.9 Å². The number of methoxy groups -OCH3 is 2. The summed E-state index contributed by atoms with van der Waals surface area (Å²) in [5, 5.41) is 3.21. The number of nitrogens with zero attached hydrogens (tertiary/aromatic N) is 1. The number of hydrogen-bond acceptors (Lipinski definition) is 6. The van der Waals surface area contributed by atoms with Crippen LogP contribution in [0.2, 0.25) is 5.02 Å². The maximum absolute atomic E-state index is 13.0. The van der Waals surface area contributed by atoms with Crippen LogP contribution in [0.1, 0.15) is 18.4 Å². The number of amides is 1. The number of sulfonamides is 1. The Hall–Kier alpha value is -2.49. The molecule has 1 aliphatic rings. The lowest BCUT2D eigenvalue weighted by Crippen LogP contribution is -2.47. The van der Waals surface area contributed by atoms with Gasteiger partial charge in [-0.25, -0.2) is 8.42 Å². The van der Waals surface area contributed by atoms with Crippen LogP contribution in [-0.2, 0) is 25.0 Å². The molecule has 0 aliphatic carbocycles. The quantitative estimate of drug-likeness (QED) is 0.573. The lowest BCUT2D eigenvalue weighted by atomic mass is 9.74. The Labute approximate surface area is 199 Å². The summed E-state index contributed by atoms with van der Waals surface area (Å²) in [6.45, 7) is 1.16. The highest BCUT2D eigenvalue weighted by atomic mass is 35.5. The van der Waals surface area contributed by atoms with E-state index in [-0.39, 0.29) is 27.6 Å². The monoisotopic (exact) mass is 496 g/mol. The molecule has 0 spiro atoms. The van der Waals surface area contributed by atoms with E-state index in [0.29, 0.717) is 19.8 Å². The fourth-order valence-corrected chi connectivity index (χ4v) is 5.08. The van der Waals surface area contributed by atoms with Gasteiger partial charge in [0.1, 0.15) is 18.0 Å². The van der Waals surface area contributed by atoms with Crippen molar-refractivity contribution >= 4 is 33.2 Å². The van der Waals surface area contributed by atoms with Crippen molar-refractivity contribution in [3.8, 4) is 11.5 Å². The molecule has 10 heteroatoms. The van der Waals surface area contributed by atoms with E-state index in [2.05, 4.69) is 5.32 Å². The predicted molar refractivity (Wildman–Crippen MR) is 128 cm³/mol. The minimum atomic E-state index is -3.82. The van der Waals surface area contributed by atoms with Gasteiger partial charge >= 0.3 is 0 Å². The highest BCUT2D eigenvalue weighted by molar-refractivity contribution is 7.92. The second-order valence-corrected chi connectivity index (χ2v) is 10.3.